The van der Waals surface area contributed by atoms with Crippen LogP contribution < -0.4 is 19.9 Å². The number of nitrogens with two attached hydrogens (primary N) is 1. The molecule has 3 N–H and O–H groups in total. The van der Waals surface area contributed by atoms with E-state index in [2.05, 4.69) is 11.6 Å². The van der Waals surface area contributed by atoms with Gasteiger partial charge in [-0.05, 0) is 37.3 Å². The third kappa shape index (κ3) is 3.53. The van der Waals surface area contributed by atoms with Crippen molar-refractivity contribution < 1.29 is 17.9 Å². The van der Waals surface area contributed by atoms with Crippen LogP contribution in [0.2, 0.25) is 0 Å². The van der Waals surface area contributed by atoms with Crippen molar-refractivity contribution in [3.8, 4) is 11.5 Å². The highest BCUT2D eigenvalue weighted by Gasteiger charge is 2.41. The Bertz CT molecular complexity index is 690. The van der Waals surface area contributed by atoms with E-state index < -0.39 is 15.6 Å². The van der Waals surface area contributed by atoms with E-state index in [0.717, 1.165) is 25.7 Å². The summed E-state index contributed by atoms with van der Waals surface area (Å²) in [4.78, 5) is 0.200. The van der Waals surface area contributed by atoms with Crippen LogP contribution in [0.3, 0.4) is 0 Å². The van der Waals surface area contributed by atoms with Crippen molar-refractivity contribution in [2.75, 3.05) is 20.8 Å². The van der Waals surface area contributed by atoms with Crippen LogP contribution in [-0.4, -0.2) is 34.7 Å². The van der Waals surface area contributed by atoms with Gasteiger partial charge in [-0.25, -0.2) is 13.1 Å². The second-order valence-corrected chi connectivity index (χ2v) is 8.24. The molecule has 2 unspecified atom stereocenters. The standard InChI is InChI=1S/C17H28N2O4S/c1-12-9-14(22-3)15(23-4)10-16(12)24(20,21)19-17(11-18)8-6-5-7-13(17)2/h9-10,13,19H,5-8,11,18H2,1-4H3. The second-order valence-electron chi connectivity index (χ2n) is 6.59. The fourth-order valence-corrected chi connectivity index (χ4v) is 5.26. The molecule has 0 heterocycles. The fourth-order valence-electron chi connectivity index (χ4n) is 3.48. The minimum absolute atomic E-state index is 0.200. The summed E-state index contributed by atoms with van der Waals surface area (Å²) in [5, 5.41) is 0. The van der Waals surface area contributed by atoms with E-state index >= 15 is 0 Å². The lowest BCUT2D eigenvalue weighted by molar-refractivity contribution is 0.191. The lowest BCUT2D eigenvalue weighted by Gasteiger charge is -2.42. The van der Waals surface area contributed by atoms with Gasteiger partial charge < -0.3 is 15.2 Å². The number of hydrogen-bond acceptors (Lipinski definition) is 5. The molecule has 0 bridgehead atoms. The summed E-state index contributed by atoms with van der Waals surface area (Å²) in [6.07, 6.45) is 3.83. The smallest absolute Gasteiger partial charge is 0.241 e. The normalized spacial score (nSPS) is 24.6. The molecule has 24 heavy (non-hydrogen) atoms. The monoisotopic (exact) mass is 356 g/mol. The van der Waals surface area contributed by atoms with Crippen LogP contribution >= 0.6 is 0 Å². The number of hydrogen-bond donors (Lipinski definition) is 2. The zero-order chi connectivity index (χ0) is 18.0. The fraction of sp³-hybridized carbons (Fsp3) is 0.647. The van der Waals surface area contributed by atoms with E-state index in [4.69, 9.17) is 15.2 Å². The topological polar surface area (TPSA) is 90.7 Å². The van der Waals surface area contributed by atoms with Gasteiger partial charge >= 0.3 is 0 Å². The second kappa shape index (κ2) is 7.29. The SMILES string of the molecule is COc1cc(C)c(S(=O)(=O)NC2(CN)CCCCC2C)cc1OC. The molecule has 2 rings (SSSR count). The molecule has 0 saturated heterocycles. The van der Waals surface area contributed by atoms with Gasteiger partial charge in [-0.2, -0.15) is 0 Å². The van der Waals surface area contributed by atoms with Gasteiger partial charge in [-0.1, -0.05) is 19.8 Å². The maximum Gasteiger partial charge on any atom is 0.241 e. The zero-order valence-corrected chi connectivity index (χ0v) is 15.7. The molecular weight excluding hydrogens is 328 g/mol. The average Bonchev–Trinajstić information content (AvgIpc) is 2.56. The Hall–Kier alpha value is -1.31. The molecule has 1 aromatic rings. The van der Waals surface area contributed by atoms with E-state index in [1.165, 1.54) is 20.3 Å². The molecule has 7 heteroatoms. The molecule has 0 radical (unpaired) electrons. The van der Waals surface area contributed by atoms with Crippen molar-refractivity contribution >= 4 is 10.0 Å². The molecule has 2 atom stereocenters. The highest BCUT2D eigenvalue weighted by atomic mass is 32.2. The molecule has 1 saturated carbocycles. The molecule has 1 aliphatic rings. The minimum Gasteiger partial charge on any atom is -0.493 e. The Morgan fingerprint density at radius 2 is 1.88 bits per heavy atom. The molecule has 6 nitrogen and oxygen atoms in total. The summed E-state index contributed by atoms with van der Waals surface area (Å²) in [5.74, 6) is 1.10. The third-order valence-electron chi connectivity index (χ3n) is 5.13. The van der Waals surface area contributed by atoms with Gasteiger partial charge in [0.15, 0.2) is 11.5 Å². The van der Waals surface area contributed by atoms with Crippen LogP contribution in [0.25, 0.3) is 0 Å². The Morgan fingerprint density at radius 1 is 1.25 bits per heavy atom. The van der Waals surface area contributed by atoms with Gasteiger partial charge in [0.2, 0.25) is 10.0 Å². The predicted octanol–water partition coefficient (Wildman–Crippen LogP) is 2.20. The minimum atomic E-state index is -3.72. The first-order valence-corrected chi connectivity index (χ1v) is 9.74. The van der Waals surface area contributed by atoms with Crippen LogP contribution in [0.1, 0.15) is 38.2 Å². The average molecular weight is 356 g/mol. The number of rotatable bonds is 6. The van der Waals surface area contributed by atoms with Crippen molar-refractivity contribution in [2.24, 2.45) is 11.7 Å². The summed E-state index contributed by atoms with van der Waals surface area (Å²) in [5.41, 5.74) is 6.00. The van der Waals surface area contributed by atoms with Crippen LogP contribution in [0.4, 0.5) is 0 Å². The molecule has 0 spiro atoms. The zero-order valence-electron chi connectivity index (χ0n) is 14.9. The number of benzene rings is 1. The first kappa shape index (κ1) is 19.0. The van der Waals surface area contributed by atoms with Gasteiger partial charge in [0.1, 0.15) is 0 Å². The Morgan fingerprint density at radius 3 is 2.42 bits per heavy atom. The van der Waals surface area contributed by atoms with Crippen molar-refractivity contribution in [2.45, 2.75) is 50.0 Å². The largest absolute Gasteiger partial charge is 0.493 e. The molecule has 0 aromatic heterocycles. The number of ether oxygens (including phenoxy) is 2. The summed E-state index contributed by atoms with van der Waals surface area (Å²) in [6, 6.07) is 3.18. The molecule has 1 aliphatic carbocycles. The van der Waals surface area contributed by atoms with Crippen LogP contribution in [-0.2, 0) is 10.0 Å². The number of sulfonamides is 1. The highest BCUT2D eigenvalue weighted by molar-refractivity contribution is 7.89. The van der Waals surface area contributed by atoms with Gasteiger partial charge in [-0.15, -0.1) is 0 Å². The number of methoxy groups -OCH3 is 2. The summed E-state index contributed by atoms with van der Waals surface area (Å²) < 4.78 is 39.5. The Labute approximate surface area is 144 Å². The molecule has 1 aromatic carbocycles. The van der Waals surface area contributed by atoms with Crippen molar-refractivity contribution in [3.63, 3.8) is 0 Å². The van der Waals surface area contributed by atoms with E-state index in [9.17, 15) is 8.42 Å². The molecular formula is C17H28N2O4S. The van der Waals surface area contributed by atoms with Crippen molar-refractivity contribution in [1.29, 1.82) is 0 Å². The van der Waals surface area contributed by atoms with Gasteiger partial charge in [0, 0.05) is 18.2 Å². The van der Waals surface area contributed by atoms with E-state index in [0.29, 0.717) is 23.6 Å². The van der Waals surface area contributed by atoms with E-state index in [-0.39, 0.29) is 10.8 Å². The van der Waals surface area contributed by atoms with Crippen LogP contribution in [0, 0.1) is 12.8 Å². The lowest BCUT2D eigenvalue weighted by Crippen LogP contribution is -2.59. The summed E-state index contributed by atoms with van der Waals surface area (Å²) in [7, 11) is -0.705. The summed E-state index contributed by atoms with van der Waals surface area (Å²) >= 11 is 0. The summed E-state index contributed by atoms with van der Waals surface area (Å²) in [6.45, 7) is 4.10. The Kier molecular flexibility index (Phi) is 5.78. The number of aryl methyl sites for hydroxylation is 1. The van der Waals surface area contributed by atoms with E-state index in [1.807, 2.05) is 0 Å². The highest BCUT2D eigenvalue weighted by Crippen LogP contribution is 2.36. The van der Waals surface area contributed by atoms with Crippen LogP contribution in [0.15, 0.2) is 17.0 Å². The van der Waals surface area contributed by atoms with Gasteiger partial charge in [0.25, 0.3) is 0 Å². The van der Waals surface area contributed by atoms with Crippen molar-refractivity contribution in [3.05, 3.63) is 17.7 Å². The third-order valence-corrected chi connectivity index (χ3v) is 6.82. The number of nitrogens with one attached hydrogen (secondary N) is 1. The predicted molar refractivity (Wildman–Crippen MR) is 94.0 cm³/mol. The van der Waals surface area contributed by atoms with Crippen LogP contribution in [0.5, 0.6) is 11.5 Å². The molecule has 1 fully saturated rings. The van der Waals surface area contributed by atoms with Gasteiger partial charge in [0.05, 0.1) is 19.1 Å². The molecule has 136 valence electrons. The maximum atomic E-state index is 13.0. The van der Waals surface area contributed by atoms with Crippen molar-refractivity contribution in [1.82, 2.24) is 4.72 Å². The first-order valence-electron chi connectivity index (χ1n) is 8.26. The Balaban J connectivity index is 2.43. The van der Waals surface area contributed by atoms with E-state index in [1.54, 1.807) is 13.0 Å². The maximum absolute atomic E-state index is 13.0. The van der Waals surface area contributed by atoms with Gasteiger partial charge in [-0.3, -0.25) is 0 Å². The molecule has 0 amide bonds. The quantitative estimate of drug-likeness (QED) is 0.815. The first-order chi connectivity index (χ1) is 11.3. The lowest BCUT2D eigenvalue weighted by atomic mass is 9.74. The molecule has 0 aliphatic heterocycles.